The number of aromatic amines is 1. The molecule has 0 fully saturated rings. The summed E-state index contributed by atoms with van der Waals surface area (Å²) in [4.78, 5) is 27.0. The monoisotopic (exact) mass is 310 g/mol. The van der Waals surface area contributed by atoms with Gasteiger partial charge in [0.1, 0.15) is 11.0 Å². The Labute approximate surface area is 126 Å². The summed E-state index contributed by atoms with van der Waals surface area (Å²) in [6.45, 7) is 5.21. The second kappa shape index (κ2) is 5.85. The van der Waals surface area contributed by atoms with E-state index in [9.17, 15) is 14.0 Å². The first-order valence-corrected chi connectivity index (χ1v) is 7.01. The number of aromatic nitrogens is 2. The first-order chi connectivity index (χ1) is 9.84. The maximum absolute atomic E-state index is 13.9. The fourth-order valence-corrected chi connectivity index (χ4v) is 2.72. The standard InChI is InChI=1S/C15H16ClFN2O2/c1-8(2)12-13(16)18-15(21)19(14(12)20)9(3)10-6-4-5-7-11(10)17/h4-9H,1-3H3,(H,18,21). The number of rotatable bonds is 3. The first-order valence-electron chi connectivity index (χ1n) is 6.63. The van der Waals surface area contributed by atoms with Gasteiger partial charge in [-0.15, -0.1) is 0 Å². The van der Waals surface area contributed by atoms with Gasteiger partial charge in [-0.25, -0.2) is 9.18 Å². The van der Waals surface area contributed by atoms with Crippen LogP contribution < -0.4 is 11.2 Å². The van der Waals surface area contributed by atoms with Crippen LogP contribution in [0.3, 0.4) is 0 Å². The highest BCUT2D eigenvalue weighted by Crippen LogP contribution is 2.21. The lowest BCUT2D eigenvalue weighted by Crippen LogP contribution is -2.40. The van der Waals surface area contributed by atoms with E-state index in [2.05, 4.69) is 4.98 Å². The minimum absolute atomic E-state index is 0.0389. The van der Waals surface area contributed by atoms with E-state index in [4.69, 9.17) is 11.6 Å². The van der Waals surface area contributed by atoms with Crippen molar-refractivity contribution < 1.29 is 4.39 Å². The van der Waals surface area contributed by atoms with Gasteiger partial charge in [0, 0.05) is 5.56 Å². The van der Waals surface area contributed by atoms with Gasteiger partial charge in [-0.3, -0.25) is 14.3 Å². The predicted molar refractivity (Wildman–Crippen MR) is 80.6 cm³/mol. The van der Waals surface area contributed by atoms with Crippen molar-refractivity contribution in [3.05, 3.63) is 67.2 Å². The molecule has 0 aliphatic carbocycles. The van der Waals surface area contributed by atoms with Gasteiger partial charge in [-0.1, -0.05) is 43.6 Å². The second-order valence-electron chi connectivity index (χ2n) is 5.19. The van der Waals surface area contributed by atoms with Crippen LogP contribution in [0.2, 0.25) is 5.15 Å². The maximum atomic E-state index is 13.9. The summed E-state index contributed by atoms with van der Waals surface area (Å²) >= 11 is 5.94. The Hall–Kier alpha value is -1.88. The molecule has 0 spiro atoms. The lowest BCUT2D eigenvalue weighted by Gasteiger charge is -2.17. The Balaban J connectivity index is 2.70. The Kier molecular flexibility index (Phi) is 4.32. The minimum atomic E-state index is -0.725. The molecular formula is C15H16ClFN2O2. The molecule has 112 valence electrons. The fourth-order valence-electron chi connectivity index (χ4n) is 2.34. The molecule has 0 amide bonds. The summed E-state index contributed by atoms with van der Waals surface area (Å²) in [5, 5.41) is 0.0389. The molecule has 0 bridgehead atoms. The lowest BCUT2D eigenvalue weighted by molar-refractivity contribution is 0.524. The van der Waals surface area contributed by atoms with Crippen molar-refractivity contribution in [2.24, 2.45) is 0 Å². The van der Waals surface area contributed by atoms with Crippen LogP contribution in [-0.2, 0) is 0 Å². The number of halogens is 2. The molecule has 0 saturated carbocycles. The van der Waals surface area contributed by atoms with Gasteiger partial charge in [-0.2, -0.15) is 0 Å². The van der Waals surface area contributed by atoms with Crippen LogP contribution in [0.1, 0.15) is 43.9 Å². The van der Waals surface area contributed by atoms with E-state index < -0.39 is 23.1 Å². The van der Waals surface area contributed by atoms with E-state index in [1.165, 1.54) is 6.07 Å². The Morgan fingerprint density at radius 2 is 1.81 bits per heavy atom. The van der Waals surface area contributed by atoms with Crippen LogP contribution in [-0.4, -0.2) is 9.55 Å². The average molecular weight is 311 g/mol. The van der Waals surface area contributed by atoms with Crippen LogP contribution >= 0.6 is 11.6 Å². The molecule has 4 nitrogen and oxygen atoms in total. The van der Waals surface area contributed by atoms with Crippen molar-refractivity contribution >= 4 is 11.6 Å². The Morgan fingerprint density at radius 3 is 2.38 bits per heavy atom. The summed E-state index contributed by atoms with van der Waals surface area (Å²) < 4.78 is 14.9. The zero-order chi connectivity index (χ0) is 15.7. The van der Waals surface area contributed by atoms with Crippen molar-refractivity contribution in [1.29, 1.82) is 0 Å². The molecule has 2 aromatic rings. The molecule has 1 aromatic heterocycles. The normalized spacial score (nSPS) is 12.7. The molecule has 1 unspecified atom stereocenters. The lowest BCUT2D eigenvalue weighted by atomic mass is 10.1. The van der Waals surface area contributed by atoms with Crippen LogP contribution in [0.4, 0.5) is 4.39 Å². The second-order valence-corrected chi connectivity index (χ2v) is 5.56. The molecule has 0 radical (unpaired) electrons. The van der Waals surface area contributed by atoms with E-state index in [1.807, 2.05) is 0 Å². The van der Waals surface area contributed by atoms with Crippen molar-refractivity contribution in [1.82, 2.24) is 9.55 Å². The third-order valence-electron chi connectivity index (χ3n) is 3.44. The predicted octanol–water partition coefficient (Wildman–Crippen LogP) is 3.06. The molecular weight excluding hydrogens is 295 g/mol. The molecule has 0 saturated heterocycles. The average Bonchev–Trinajstić information content (AvgIpc) is 2.37. The molecule has 1 N–H and O–H groups in total. The van der Waals surface area contributed by atoms with E-state index in [0.29, 0.717) is 5.56 Å². The smallest absolute Gasteiger partial charge is 0.297 e. The summed E-state index contributed by atoms with van der Waals surface area (Å²) in [6, 6.07) is 5.34. The zero-order valence-electron chi connectivity index (χ0n) is 12.0. The molecule has 21 heavy (non-hydrogen) atoms. The first kappa shape index (κ1) is 15.5. The quantitative estimate of drug-likeness (QED) is 0.886. The molecule has 1 aromatic carbocycles. The van der Waals surface area contributed by atoms with E-state index in [0.717, 1.165) is 4.57 Å². The van der Waals surface area contributed by atoms with E-state index in [1.54, 1.807) is 39.0 Å². The van der Waals surface area contributed by atoms with Crippen molar-refractivity contribution in [3.8, 4) is 0 Å². The summed E-state index contributed by atoms with van der Waals surface area (Å²) in [6.07, 6.45) is 0. The number of hydrogen-bond acceptors (Lipinski definition) is 2. The third-order valence-corrected chi connectivity index (χ3v) is 3.74. The topological polar surface area (TPSA) is 54.9 Å². The largest absolute Gasteiger partial charge is 0.330 e. The van der Waals surface area contributed by atoms with Crippen molar-refractivity contribution in [2.75, 3.05) is 0 Å². The minimum Gasteiger partial charge on any atom is -0.297 e. The number of benzene rings is 1. The van der Waals surface area contributed by atoms with E-state index in [-0.39, 0.29) is 16.6 Å². The highest BCUT2D eigenvalue weighted by Gasteiger charge is 2.21. The Morgan fingerprint density at radius 1 is 1.19 bits per heavy atom. The molecule has 1 heterocycles. The zero-order valence-corrected chi connectivity index (χ0v) is 12.7. The Bertz CT molecular complexity index is 780. The van der Waals surface area contributed by atoms with Crippen LogP contribution in [0.25, 0.3) is 0 Å². The van der Waals surface area contributed by atoms with Crippen molar-refractivity contribution in [3.63, 3.8) is 0 Å². The van der Waals surface area contributed by atoms with Gasteiger partial charge in [-0.05, 0) is 18.9 Å². The van der Waals surface area contributed by atoms with Crippen LogP contribution in [0, 0.1) is 5.82 Å². The number of hydrogen-bond donors (Lipinski definition) is 1. The van der Waals surface area contributed by atoms with Gasteiger partial charge in [0.2, 0.25) is 0 Å². The molecule has 2 rings (SSSR count). The van der Waals surface area contributed by atoms with Gasteiger partial charge >= 0.3 is 5.69 Å². The molecule has 1 atom stereocenters. The maximum Gasteiger partial charge on any atom is 0.330 e. The van der Waals surface area contributed by atoms with Gasteiger partial charge < -0.3 is 0 Å². The van der Waals surface area contributed by atoms with Crippen LogP contribution in [0.15, 0.2) is 33.9 Å². The number of nitrogens with one attached hydrogen (secondary N) is 1. The summed E-state index contributed by atoms with van der Waals surface area (Å²) in [5.41, 5.74) is -0.541. The highest BCUT2D eigenvalue weighted by atomic mass is 35.5. The van der Waals surface area contributed by atoms with E-state index >= 15 is 0 Å². The molecule has 6 heteroatoms. The molecule has 0 aliphatic rings. The van der Waals surface area contributed by atoms with Gasteiger partial charge in [0.25, 0.3) is 5.56 Å². The number of nitrogens with zero attached hydrogens (tertiary/aromatic N) is 1. The van der Waals surface area contributed by atoms with Gasteiger partial charge in [0.15, 0.2) is 0 Å². The summed E-state index contributed by atoms with van der Waals surface area (Å²) in [7, 11) is 0. The fraction of sp³-hybridized carbons (Fsp3) is 0.333. The SMILES string of the molecule is CC(C)c1c(Cl)[nH]c(=O)n(C(C)c2ccccc2F)c1=O. The molecule has 0 aliphatic heterocycles. The summed E-state index contributed by atoms with van der Waals surface area (Å²) in [5.74, 6) is -0.613. The van der Waals surface area contributed by atoms with Crippen molar-refractivity contribution in [2.45, 2.75) is 32.7 Å². The van der Waals surface area contributed by atoms with Gasteiger partial charge in [0.05, 0.1) is 11.6 Å². The highest BCUT2D eigenvalue weighted by molar-refractivity contribution is 6.30. The van der Waals surface area contributed by atoms with Crippen LogP contribution in [0.5, 0.6) is 0 Å². The third kappa shape index (κ3) is 2.78. The number of H-pyrrole nitrogens is 1.